The summed E-state index contributed by atoms with van der Waals surface area (Å²) < 4.78 is 53.8. The van der Waals surface area contributed by atoms with Crippen LogP contribution in [0.25, 0.3) is 5.52 Å². The second-order valence-electron chi connectivity index (χ2n) is 10.2. The number of esters is 4. The van der Waals surface area contributed by atoms with E-state index in [0.29, 0.717) is 52.2 Å². The van der Waals surface area contributed by atoms with Gasteiger partial charge in [0.1, 0.15) is 21.2 Å². The van der Waals surface area contributed by atoms with E-state index in [0.717, 1.165) is 5.56 Å². The molecule has 1 aromatic carbocycles. The number of carbonyl (C=O) groups is 4. The summed E-state index contributed by atoms with van der Waals surface area (Å²) in [6.45, 7) is 12.6. The molecule has 0 aliphatic rings. The molecule has 0 fully saturated rings. The van der Waals surface area contributed by atoms with Crippen LogP contribution >= 0.6 is 0 Å². The molecule has 4 rings (SSSR count). The lowest BCUT2D eigenvalue weighted by molar-refractivity contribution is -0.639. The molecule has 0 bridgehead atoms. The van der Waals surface area contributed by atoms with Crippen LogP contribution in [-0.4, -0.2) is 73.9 Å². The average molecular weight is 745 g/mol. The largest absolute Gasteiger partial charge is 0.744 e. The van der Waals surface area contributed by atoms with Crippen LogP contribution in [0.3, 0.4) is 0 Å². The zero-order chi connectivity index (χ0) is 38.9. The van der Waals surface area contributed by atoms with Gasteiger partial charge in [-0.25, -0.2) is 38.0 Å². The van der Waals surface area contributed by atoms with E-state index in [1.165, 1.54) is 35.8 Å². The fourth-order valence-electron chi connectivity index (χ4n) is 4.42. The molecule has 3 heterocycles. The van der Waals surface area contributed by atoms with E-state index in [9.17, 15) is 32.1 Å². The van der Waals surface area contributed by atoms with Crippen molar-refractivity contribution in [3.63, 3.8) is 0 Å². The molecular formula is C36H48N4O11S. The first-order valence-electron chi connectivity index (χ1n) is 15.2. The molecule has 4 aromatic rings. The Kier molecular flexibility index (Phi) is 19.7. The quantitative estimate of drug-likeness (QED) is 0.0563. The van der Waals surface area contributed by atoms with Crippen LogP contribution < -0.4 is 10.5 Å². The summed E-state index contributed by atoms with van der Waals surface area (Å²) in [6, 6.07) is 9.93. The highest BCUT2D eigenvalue weighted by Crippen LogP contribution is 2.21. The smallest absolute Gasteiger partial charge is 0.384 e. The van der Waals surface area contributed by atoms with Crippen molar-refractivity contribution in [2.24, 2.45) is 0 Å². The number of pyridine rings is 2. The molecule has 0 amide bonds. The van der Waals surface area contributed by atoms with Gasteiger partial charge in [-0.2, -0.15) is 5.10 Å². The number of ether oxygens (including phenoxy) is 4. The van der Waals surface area contributed by atoms with Crippen molar-refractivity contribution in [3.05, 3.63) is 94.1 Å². The number of hydrogen-bond donors (Lipinski definition) is 1. The summed E-state index contributed by atoms with van der Waals surface area (Å²) in [5.41, 5.74) is 4.38. The molecule has 0 atom stereocenters. The van der Waals surface area contributed by atoms with Crippen LogP contribution in [0, 0.1) is 39.5 Å². The molecule has 0 radical (unpaired) electrons. The van der Waals surface area contributed by atoms with Crippen LogP contribution in [0.15, 0.2) is 59.9 Å². The fourth-order valence-corrected chi connectivity index (χ4v) is 5.33. The van der Waals surface area contributed by atoms with Crippen LogP contribution in [-0.2, 0) is 33.9 Å². The van der Waals surface area contributed by atoms with Crippen molar-refractivity contribution in [1.29, 1.82) is 0 Å². The lowest BCUT2D eigenvalue weighted by atomic mass is 10.1. The van der Waals surface area contributed by atoms with Crippen LogP contribution in [0.1, 0.15) is 83.1 Å². The van der Waals surface area contributed by atoms with E-state index < -0.39 is 28.0 Å². The first-order chi connectivity index (χ1) is 23.9. The molecule has 0 saturated heterocycles. The van der Waals surface area contributed by atoms with E-state index in [1.54, 1.807) is 84.1 Å². The highest BCUT2D eigenvalue weighted by molar-refractivity contribution is 7.85. The van der Waals surface area contributed by atoms with Crippen molar-refractivity contribution < 1.29 is 57.2 Å². The van der Waals surface area contributed by atoms with Gasteiger partial charge in [0.2, 0.25) is 6.20 Å². The van der Waals surface area contributed by atoms with E-state index in [4.69, 9.17) is 10.6 Å². The Morgan fingerprint density at radius 2 is 1.48 bits per heavy atom. The summed E-state index contributed by atoms with van der Waals surface area (Å²) in [6.07, 6.45) is 4.65. The Bertz CT molecular complexity index is 2010. The van der Waals surface area contributed by atoms with E-state index >= 15 is 0 Å². The Labute approximate surface area is 305 Å². The zero-order valence-corrected chi connectivity index (χ0v) is 30.7. The van der Waals surface area contributed by atoms with Crippen molar-refractivity contribution >= 4 is 39.5 Å². The second kappa shape index (κ2) is 22.1. The number of fused-ring (bicyclic) bond motifs is 1. The maximum Gasteiger partial charge on any atom is 0.384 e. The molecular weight excluding hydrogens is 696 g/mol. The molecule has 15 nitrogen and oxygen atoms in total. The minimum Gasteiger partial charge on any atom is -0.744 e. The van der Waals surface area contributed by atoms with Gasteiger partial charge in [-0.1, -0.05) is 35.7 Å². The third kappa shape index (κ3) is 14.2. The first kappa shape index (κ1) is 46.2. The van der Waals surface area contributed by atoms with Gasteiger partial charge in [0, 0.05) is 19.6 Å². The molecule has 16 heteroatoms. The van der Waals surface area contributed by atoms with E-state index in [1.807, 2.05) is 6.92 Å². The van der Waals surface area contributed by atoms with Gasteiger partial charge in [-0.05, 0) is 77.8 Å². The summed E-state index contributed by atoms with van der Waals surface area (Å²) in [5, 5.41) is 4.20. The number of nitrogens with zero attached hydrogens (tertiary/aromatic N) is 3. The number of nitrogens with two attached hydrogens (primary N) is 1. The van der Waals surface area contributed by atoms with E-state index in [-0.39, 0.29) is 19.7 Å². The number of rotatable bonds is 6. The summed E-state index contributed by atoms with van der Waals surface area (Å²) in [4.78, 5) is 44.3. The van der Waals surface area contributed by atoms with Crippen molar-refractivity contribution in [1.82, 2.24) is 9.61 Å². The first-order valence-corrected chi connectivity index (χ1v) is 16.6. The van der Waals surface area contributed by atoms with Gasteiger partial charge < -0.3 is 23.5 Å². The number of aryl methyl sites for hydroxylation is 4. The maximum absolute atomic E-state index is 11.8. The van der Waals surface area contributed by atoms with E-state index in [2.05, 4.69) is 31.2 Å². The summed E-state index contributed by atoms with van der Waals surface area (Å²) in [5.74, 6) is 8.32. The SMILES string of the molecule is C.CC#CC(=O)OCC.CCOC(=O)c1c(C)nn2cc(C(=O)OC)ccc12.COC(=O)c1ccc[n+](N)c1.Cc1cc(C)c(S(=O)(=O)[O-])c(C)c1.[HH]. The topological polar surface area (TPSA) is 210 Å². The lowest BCUT2D eigenvalue weighted by Crippen LogP contribution is -2.44. The standard InChI is InChI=1S/C13H14N2O4.C9H12O3S.C7H9N2O2.C6H8O2.CH4.H2/c1-4-19-13(17)11-8(2)14-15-7-9(12(16)18-3)5-6-10(11)15;1-6-4-7(2)9(8(3)5-6)13(10,11)12;1-11-7(10)6-3-2-4-9(8)5-6;1-3-5-6(7)8-4-2;;/h5-7H,4H2,1-3H3;4-5H,1-3H3,(H,10,11,12);2-5H,8H2,1H3;4H2,1-2H3;1H4;1H/q;;+1;;;/p-1. The third-order valence-electron chi connectivity index (χ3n) is 6.31. The fraction of sp³-hybridized carbons (Fsp3) is 0.333. The maximum atomic E-state index is 11.8. The van der Waals surface area contributed by atoms with Gasteiger partial charge in [0.15, 0.2) is 6.20 Å². The molecule has 0 aliphatic heterocycles. The minimum absolute atomic E-state index is 0. The molecule has 2 N–H and O–H groups in total. The van der Waals surface area contributed by atoms with Crippen LogP contribution in [0.5, 0.6) is 0 Å². The predicted molar refractivity (Wildman–Crippen MR) is 193 cm³/mol. The molecule has 3 aromatic heterocycles. The van der Waals surface area contributed by atoms with Gasteiger partial charge in [-0.15, -0.1) is 0 Å². The number of aromatic nitrogens is 3. The van der Waals surface area contributed by atoms with Gasteiger partial charge >= 0.3 is 23.9 Å². The molecule has 0 spiro atoms. The number of carbonyl (C=O) groups excluding carboxylic acids is 4. The number of hydrogen-bond acceptors (Lipinski definition) is 13. The lowest BCUT2D eigenvalue weighted by Gasteiger charge is -2.14. The van der Waals surface area contributed by atoms with Gasteiger partial charge in [0.25, 0.3) is 0 Å². The highest BCUT2D eigenvalue weighted by Gasteiger charge is 2.19. The number of methoxy groups -OCH3 is 2. The number of nitrogen functional groups attached to an aromatic ring is 1. The monoisotopic (exact) mass is 744 g/mol. The Morgan fingerprint density at radius 1 is 0.923 bits per heavy atom. The molecule has 52 heavy (non-hydrogen) atoms. The van der Waals surface area contributed by atoms with Crippen molar-refractivity contribution in [2.45, 2.75) is 60.8 Å². The van der Waals surface area contributed by atoms with Crippen molar-refractivity contribution in [2.75, 3.05) is 33.3 Å². The summed E-state index contributed by atoms with van der Waals surface area (Å²) >= 11 is 0. The van der Waals surface area contributed by atoms with Gasteiger partial charge in [0.05, 0.1) is 49.1 Å². The highest BCUT2D eigenvalue weighted by atomic mass is 32.2. The molecule has 0 aliphatic carbocycles. The minimum atomic E-state index is -4.33. The van der Waals surface area contributed by atoms with Gasteiger partial charge in [-0.3, -0.25) is 0 Å². The van der Waals surface area contributed by atoms with Crippen LogP contribution in [0.2, 0.25) is 0 Å². The molecule has 0 unspecified atom stereocenters. The molecule has 284 valence electrons. The zero-order valence-electron chi connectivity index (χ0n) is 29.9. The number of benzene rings is 1. The summed E-state index contributed by atoms with van der Waals surface area (Å²) in [7, 11) is -1.69. The normalized spacial score (nSPS) is 9.73. The van der Waals surface area contributed by atoms with Crippen LogP contribution in [0.4, 0.5) is 0 Å². The Hall–Kier alpha value is -5.79. The Balaban J connectivity index is 0. The average Bonchev–Trinajstić information content (AvgIpc) is 3.39. The second-order valence-corrected chi connectivity index (χ2v) is 11.5. The Morgan fingerprint density at radius 3 is 1.96 bits per heavy atom. The van der Waals surface area contributed by atoms with Crippen molar-refractivity contribution in [3.8, 4) is 11.8 Å². The molecule has 0 saturated carbocycles. The third-order valence-corrected chi connectivity index (χ3v) is 7.45. The predicted octanol–water partition coefficient (Wildman–Crippen LogP) is 4.05.